The second-order valence-electron chi connectivity index (χ2n) is 7.33. The number of rotatable bonds is 11. The third kappa shape index (κ3) is 6.65. The minimum atomic E-state index is -3.94. The van der Waals surface area contributed by atoms with Crippen LogP contribution in [0.3, 0.4) is 0 Å². The van der Waals surface area contributed by atoms with Crippen LogP contribution < -0.4 is 14.4 Å². The molecule has 0 spiro atoms. The van der Waals surface area contributed by atoms with Crippen LogP contribution in [0.25, 0.3) is 0 Å². The summed E-state index contributed by atoms with van der Waals surface area (Å²) in [5.41, 5.74) is -0.203. The lowest BCUT2D eigenvalue weighted by molar-refractivity contribution is -0.122. The molecular formula is C21H28FN3O6S2. The van der Waals surface area contributed by atoms with Crippen molar-refractivity contribution >= 4 is 31.6 Å². The molecule has 0 fully saturated rings. The number of nitrogens with one attached hydrogen (secondary N) is 1. The van der Waals surface area contributed by atoms with Gasteiger partial charge in [0.15, 0.2) is 0 Å². The van der Waals surface area contributed by atoms with E-state index in [-0.39, 0.29) is 30.2 Å². The smallest absolute Gasteiger partial charge is 0.244 e. The summed E-state index contributed by atoms with van der Waals surface area (Å²) in [6, 6.07) is 10.0. The molecule has 2 rings (SSSR count). The summed E-state index contributed by atoms with van der Waals surface area (Å²) >= 11 is 0. The van der Waals surface area contributed by atoms with Crippen molar-refractivity contribution in [2.45, 2.75) is 24.3 Å². The molecule has 12 heteroatoms. The lowest BCUT2D eigenvalue weighted by Crippen LogP contribution is -2.50. The number of carbonyl (C=O) groups is 1. The molecule has 2 aromatic carbocycles. The number of carbonyl (C=O) groups excluding carboxylic acids is 1. The maximum Gasteiger partial charge on any atom is 0.244 e. The molecule has 0 aliphatic rings. The Kier molecular flexibility index (Phi) is 8.81. The number of ether oxygens (including phenoxy) is 1. The number of halogens is 1. The number of anilines is 1. The molecule has 0 aliphatic carbocycles. The molecule has 0 heterocycles. The molecule has 1 atom stereocenters. The second kappa shape index (κ2) is 10.9. The van der Waals surface area contributed by atoms with Gasteiger partial charge in [0.25, 0.3) is 0 Å². The van der Waals surface area contributed by atoms with Gasteiger partial charge in [-0.1, -0.05) is 19.1 Å². The average molecular weight is 502 g/mol. The summed E-state index contributed by atoms with van der Waals surface area (Å²) in [6.45, 7) is 1.74. The number of benzene rings is 2. The van der Waals surface area contributed by atoms with Gasteiger partial charge in [0.05, 0.1) is 23.4 Å². The molecule has 2 aromatic rings. The van der Waals surface area contributed by atoms with E-state index in [0.717, 1.165) is 20.9 Å². The van der Waals surface area contributed by atoms with E-state index in [4.69, 9.17) is 4.74 Å². The van der Waals surface area contributed by atoms with Crippen molar-refractivity contribution < 1.29 is 30.8 Å². The summed E-state index contributed by atoms with van der Waals surface area (Å²) in [4.78, 5) is 12.8. The highest BCUT2D eigenvalue weighted by Crippen LogP contribution is 2.25. The van der Waals surface area contributed by atoms with E-state index in [9.17, 15) is 26.0 Å². The quantitative estimate of drug-likeness (QED) is 0.470. The van der Waals surface area contributed by atoms with Gasteiger partial charge in [-0.3, -0.25) is 9.10 Å². The molecule has 0 radical (unpaired) electrons. The summed E-state index contributed by atoms with van der Waals surface area (Å²) in [6.07, 6.45) is 1.04. The Bertz CT molecular complexity index is 1170. The Labute approximate surface area is 194 Å². The van der Waals surface area contributed by atoms with E-state index in [2.05, 4.69) is 5.32 Å². The van der Waals surface area contributed by atoms with Crippen LogP contribution in [-0.4, -0.2) is 66.6 Å². The third-order valence-electron chi connectivity index (χ3n) is 4.69. The molecule has 1 N–H and O–H groups in total. The molecule has 33 heavy (non-hydrogen) atoms. The summed E-state index contributed by atoms with van der Waals surface area (Å²) in [5.74, 6) is -0.947. The fourth-order valence-electron chi connectivity index (χ4n) is 3.05. The Hall–Kier alpha value is -2.70. The van der Waals surface area contributed by atoms with Crippen LogP contribution in [0.5, 0.6) is 5.75 Å². The maximum atomic E-state index is 14.3. The van der Waals surface area contributed by atoms with Crippen molar-refractivity contribution in [3.05, 3.63) is 54.3 Å². The van der Waals surface area contributed by atoms with Crippen molar-refractivity contribution in [2.24, 2.45) is 0 Å². The van der Waals surface area contributed by atoms with Crippen molar-refractivity contribution in [2.75, 3.05) is 37.8 Å². The van der Waals surface area contributed by atoms with E-state index in [0.29, 0.717) is 5.75 Å². The van der Waals surface area contributed by atoms with Gasteiger partial charge in [-0.15, -0.1) is 0 Å². The summed E-state index contributed by atoms with van der Waals surface area (Å²) in [5, 5.41) is 2.60. The van der Waals surface area contributed by atoms with Crippen molar-refractivity contribution in [1.82, 2.24) is 9.62 Å². The molecule has 0 aliphatic heterocycles. The standard InChI is InChI=1S/C21H28FN3O6S2/c1-5-19(25(32(4,27)28)20-9-7-6-8-18(20)22)21(26)23-14-15-31-16-10-12-17(13-11-16)33(29,30)24(2)3/h6-13,19H,5,14-15H2,1-4H3,(H,23,26)/t19-/m0/s1. The maximum absolute atomic E-state index is 14.3. The SMILES string of the molecule is CC[C@@H](C(=O)NCCOc1ccc(S(=O)(=O)N(C)C)cc1)N(c1ccccc1F)S(C)(=O)=O. The van der Waals surface area contributed by atoms with Gasteiger partial charge in [-0.2, -0.15) is 0 Å². The van der Waals surface area contributed by atoms with E-state index < -0.39 is 37.8 Å². The molecule has 0 unspecified atom stereocenters. The number of amides is 1. The van der Waals surface area contributed by atoms with E-state index >= 15 is 0 Å². The van der Waals surface area contributed by atoms with Gasteiger partial charge in [0.1, 0.15) is 24.2 Å². The van der Waals surface area contributed by atoms with Crippen molar-refractivity contribution in [1.29, 1.82) is 0 Å². The largest absolute Gasteiger partial charge is 0.492 e. The van der Waals surface area contributed by atoms with Crippen molar-refractivity contribution in [3.8, 4) is 5.75 Å². The Morgan fingerprint density at radius 1 is 1.06 bits per heavy atom. The number of nitrogens with zero attached hydrogens (tertiary/aromatic N) is 2. The molecular weight excluding hydrogens is 473 g/mol. The zero-order valence-electron chi connectivity index (χ0n) is 18.9. The predicted molar refractivity (Wildman–Crippen MR) is 124 cm³/mol. The monoisotopic (exact) mass is 501 g/mol. The molecule has 9 nitrogen and oxygen atoms in total. The molecule has 0 saturated heterocycles. The molecule has 0 saturated carbocycles. The van der Waals surface area contributed by atoms with Crippen LogP contribution in [0, 0.1) is 5.82 Å². The first kappa shape index (κ1) is 26.6. The van der Waals surface area contributed by atoms with Crippen LogP contribution in [0.1, 0.15) is 13.3 Å². The highest BCUT2D eigenvalue weighted by molar-refractivity contribution is 7.92. The normalized spacial score (nSPS) is 12.9. The van der Waals surface area contributed by atoms with Gasteiger partial charge in [-0.25, -0.2) is 25.5 Å². The minimum absolute atomic E-state index is 0.0561. The first-order valence-electron chi connectivity index (χ1n) is 10.1. The zero-order chi connectivity index (χ0) is 24.8. The fraction of sp³-hybridized carbons (Fsp3) is 0.381. The van der Waals surface area contributed by atoms with Gasteiger partial charge < -0.3 is 10.1 Å². The summed E-state index contributed by atoms with van der Waals surface area (Å²) in [7, 11) is -4.63. The number of hydrogen-bond acceptors (Lipinski definition) is 6. The predicted octanol–water partition coefficient (Wildman–Crippen LogP) is 1.82. The summed E-state index contributed by atoms with van der Waals surface area (Å²) < 4.78 is 70.5. The average Bonchev–Trinajstić information content (AvgIpc) is 2.75. The Morgan fingerprint density at radius 3 is 2.18 bits per heavy atom. The van der Waals surface area contributed by atoms with Gasteiger partial charge in [-0.05, 0) is 42.8 Å². The highest BCUT2D eigenvalue weighted by Gasteiger charge is 2.32. The third-order valence-corrected chi connectivity index (χ3v) is 7.69. The lowest BCUT2D eigenvalue weighted by atomic mass is 10.2. The van der Waals surface area contributed by atoms with Crippen molar-refractivity contribution in [3.63, 3.8) is 0 Å². The van der Waals surface area contributed by atoms with Crippen LogP contribution in [0.2, 0.25) is 0 Å². The van der Waals surface area contributed by atoms with Crippen LogP contribution in [0.15, 0.2) is 53.4 Å². The number of hydrogen-bond donors (Lipinski definition) is 1. The minimum Gasteiger partial charge on any atom is -0.492 e. The number of para-hydroxylation sites is 1. The van der Waals surface area contributed by atoms with Gasteiger partial charge in [0.2, 0.25) is 26.0 Å². The second-order valence-corrected chi connectivity index (χ2v) is 11.3. The van der Waals surface area contributed by atoms with Crippen LogP contribution in [0.4, 0.5) is 10.1 Å². The van der Waals surface area contributed by atoms with Gasteiger partial charge >= 0.3 is 0 Å². The van der Waals surface area contributed by atoms with E-state index in [1.165, 1.54) is 56.6 Å². The number of sulfonamides is 2. The Morgan fingerprint density at radius 2 is 1.67 bits per heavy atom. The van der Waals surface area contributed by atoms with Gasteiger partial charge in [0, 0.05) is 14.1 Å². The highest BCUT2D eigenvalue weighted by atomic mass is 32.2. The topological polar surface area (TPSA) is 113 Å². The van der Waals surface area contributed by atoms with E-state index in [1.807, 2.05) is 0 Å². The van der Waals surface area contributed by atoms with Crippen LogP contribution in [-0.2, 0) is 24.8 Å². The molecule has 182 valence electrons. The van der Waals surface area contributed by atoms with E-state index in [1.54, 1.807) is 6.92 Å². The molecule has 1 amide bonds. The van der Waals surface area contributed by atoms with Crippen LogP contribution >= 0.6 is 0 Å². The first-order valence-corrected chi connectivity index (χ1v) is 13.4. The fourth-order valence-corrected chi connectivity index (χ4v) is 5.16. The first-order chi connectivity index (χ1) is 15.4. The zero-order valence-corrected chi connectivity index (χ0v) is 20.5. The Balaban J connectivity index is 2.02. The molecule has 0 bridgehead atoms. The molecule has 0 aromatic heterocycles. The lowest BCUT2D eigenvalue weighted by Gasteiger charge is -2.30.